The fraction of sp³-hybridized carbons (Fsp3) is 0.500. The zero-order chi connectivity index (χ0) is 21.1. The van der Waals surface area contributed by atoms with Gasteiger partial charge >= 0.3 is 0 Å². The Morgan fingerprint density at radius 2 is 1.83 bits per heavy atom. The topological polar surface area (TPSA) is 65.5 Å². The monoisotopic (exact) mass is 416 g/mol. The van der Waals surface area contributed by atoms with Crippen molar-refractivity contribution in [3.05, 3.63) is 47.0 Å². The SMILES string of the molecule is CCCCCCc1ccc(C(=O)N(CCN(C)C)CC(=O)Nc2nccs2)cc1. The Bertz CT molecular complexity index is 745. The van der Waals surface area contributed by atoms with Gasteiger partial charge in [-0.25, -0.2) is 4.98 Å². The molecule has 0 saturated carbocycles. The van der Waals surface area contributed by atoms with E-state index >= 15 is 0 Å². The highest BCUT2D eigenvalue weighted by molar-refractivity contribution is 7.13. The summed E-state index contributed by atoms with van der Waals surface area (Å²) in [5.74, 6) is -0.363. The van der Waals surface area contributed by atoms with E-state index in [0.717, 1.165) is 6.42 Å². The number of carbonyl (C=O) groups excluding carboxylic acids is 2. The van der Waals surface area contributed by atoms with Crippen LogP contribution in [-0.2, 0) is 11.2 Å². The van der Waals surface area contributed by atoms with Crippen LogP contribution in [0.2, 0.25) is 0 Å². The van der Waals surface area contributed by atoms with Gasteiger partial charge in [-0.3, -0.25) is 9.59 Å². The third-order valence-corrected chi connectivity index (χ3v) is 5.33. The van der Waals surface area contributed by atoms with Gasteiger partial charge in [0.25, 0.3) is 5.91 Å². The van der Waals surface area contributed by atoms with Crippen molar-refractivity contribution >= 4 is 28.3 Å². The van der Waals surface area contributed by atoms with Gasteiger partial charge in [-0.1, -0.05) is 38.3 Å². The van der Waals surface area contributed by atoms with Crippen LogP contribution in [0.3, 0.4) is 0 Å². The molecular weight excluding hydrogens is 384 g/mol. The van der Waals surface area contributed by atoms with E-state index in [1.165, 1.54) is 42.6 Å². The molecule has 2 amide bonds. The van der Waals surface area contributed by atoms with Crippen LogP contribution in [0.15, 0.2) is 35.8 Å². The maximum Gasteiger partial charge on any atom is 0.254 e. The number of hydrogen-bond acceptors (Lipinski definition) is 5. The predicted molar refractivity (Wildman–Crippen MR) is 119 cm³/mol. The normalized spacial score (nSPS) is 10.9. The quantitative estimate of drug-likeness (QED) is 0.533. The highest BCUT2D eigenvalue weighted by atomic mass is 32.1. The number of hydrogen-bond donors (Lipinski definition) is 1. The Morgan fingerprint density at radius 1 is 1.07 bits per heavy atom. The van der Waals surface area contributed by atoms with Crippen molar-refractivity contribution in [1.82, 2.24) is 14.8 Å². The van der Waals surface area contributed by atoms with E-state index in [2.05, 4.69) is 17.2 Å². The number of unbranched alkanes of at least 4 members (excludes halogenated alkanes) is 3. The minimum atomic E-state index is -0.236. The number of benzene rings is 1. The number of aromatic nitrogens is 1. The molecule has 0 atom stereocenters. The zero-order valence-corrected chi connectivity index (χ0v) is 18.5. The number of aryl methyl sites for hydroxylation is 1. The van der Waals surface area contributed by atoms with E-state index in [9.17, 15) is 9.59 Å². The number of anilines is 1. The minimum Gasteiger partial charge on any atom is -0.328 e. The number of likely N-dealkylation sites (N-methyl/N-ethyl adjacent to an activating group) is 1. The molecule has 0 aliphatic heterocycles. The molecule has 0 spiro atoms. The lowest BCUT2D eigenvalue weighted by molar-refractivity contribution is -0.116. The fourth-order valence-electron chi connectivity index (χ4n) is 2.94. The van der Waals surface area contributed by atoms with E-state index in [0.29, 0.717) is 23.8 Å². The fourth-order valence-corrected chi connectivity index (χ4v) is 3.49. The summed E-state index contributed by atoms with van der Waals surface area (Å²) in [5.41, 5.74) is 1.86. The first-order chi connectivity index (χ1) is 14.0. The Balaban J connectivity index is 1.98. The zero-order valence-electron chi connectivity index (χ0n) is 17.7. The molecule has 0 fully saturated rings. The molecule has 0 radical (unpaired) electrons. The Morgan fingerprint density at radius 3 is 2.45 bits per heavy atom. The van der Waals surface area contributed by atoms with Gasteiger partial charge in [-0.15, -0.1) is 11.3 Å². The Labute approximate surface area is 177 Å². The summed E-state index contributed by atoms with van der Waals surface area (Å²) in [6.07, 6.45) is 7.58. The van der Waals surface area contributed by atoms with E-state index in [4.69, 9.17) is 0 Å². The third kappa shape index (κ3) is 8.33. The first-order valence-corrected chi connectivity index (χ1v) is 11.1. The first-order valence-electron chi connectivity index (χ1n) is 10.2. The lowest BCUT2D eigenvalue weighted by atomic mass is 10.0. The summed E-state index contributed by atoms with van der Waals surface area (Å²) >= 11 is 1.36. The van der Waals surface area contributed by atoms with Crippen molar-refractivity contribution in [3.63, 3.8) is 0 Å². The van der Waals surface area contributed by atoms with Gasteiger partial charge in [0.2, 0.25) is 5.91 Å². The lowest BCUT2D eigenvalue weighted by Crippen LogP contribution is -2.41. The molecule has 158 valence electrons. The highest BCUT2D eigenvalue weighted by Crippen LogP contribution is 2.13. The molecule has 0 aliphatic carbocycles. The highest BCUT2D eigenvalue weighted by Gasteiger charge is 2.19. The van der Waals surface area contributed by atoms with E-state index in [1.54, 1.807) is 16.5 Å². The second-order valence-corrected chi connectivity index (χ2v) is 8.32. The van der Waals surface area contributed by atoms with Gasteiger partial charge in [-0.2, -0.15) is 0 Å². The lowest BCUT2D eigenvalue weighted by Gasteiger charge is -2.24. The van der Waals surface area contributed by atoms with Crippen molar-refractivity contribution < 1.29 is 9.59 Å². The van der Waals surface area contributed by atoms with E-state index in [-0.39, 0.29) is 18.4 Å². The molecule has 6 nitrogen and oxygen atoms in total. The largest absolute Gasteiger partial charge is 0.328 e. The second kappa shape index (κ2) is 12.3. The second-order valence-electron chi connectivity index (χ2n) is 7.42. The first kappa shape index (κ1) is 23.0. The van der Waals surface area contributed by atoms with Crippen molar-refractivity contribution in [2.24, 2.45) is 0 Å². The van der Waals surface area contributed by atoms with E-state index < -0.39 is 0 Å². The molecule has 1 aromatic carbocycles. The number of nitrogens with one attached hydrogen (secondary N) is 1. The van der Waals surface area contributed by atoms with E-state index in [1.807, 2.05) is 43.3 Å². The van der Waals surface area contributed by atoms with Crippen LogP contribution < -0.4 is 5.32 Å². The van der Waals surface area contributed by atoms with Crippen molar-refractivity contribution in [3.8, 4) is 0 Å². The molecule has 0 unspecified atom stereocenters. The molecule has 0 aliphatic rings. The molecule has 7 heteroatoms. The summed E-state index contributed by atoms with van der Waals surface area (Å²) < 4.78 is 0. The van der Waals surface area contributed by atoms with Gasteiger partial charge in [0.05, 0.1) is 0 Å². The molecule has 0 bridgehead atoms. The summed E-state index contributed by atoms with van der Waals surface area (Å²) in [6.45, 7) is 3.38. The van der Waals surface area contributed by atoms with Gasteiger partial charge in [0, 0.05) is 30.2 Å². The van der Waals surface area contributed by atoms with Crippen molar-refractivity contribution in [1.29, 1.82) is 0 Å². The Kier molecular flexibility index (Phi) is 9.80. The molecule has 1 heterocycles. The van der Waals surface area contributed by atoms with Crippen LogP contribution in [0.25, 0.3) is 0 Å². The van der Waals surface area contributed by atoms with Gasteiger partial charge in [0.1, 0.15) is 6.54 Å². The smallest absolute Gasteiger partial charge is 0.254 e. The summed E-state index contributed by atoms with van der Waals surface area (Å²) in [4.78, 5) is 33.1. The molecule has 1 N–H and O–H groups in total. The standard InChI is InChI=1S/C22H32N4O2S/c1-4-5-6-7-8-18-9-11-19(12-10-18)21(28)26(15-14-25(2)3)17-20(27)24-22-23-13-16-29-22/h9-13,16H,4-8,14-15,17H2,1-3H3,(H,23,24,27). The Hall–Kier alpha value is -2.25. The van der Waals surface area contributed by atoms with Crippen LogP contribution in [0.4, 0.5) is 5.13 Å². The number of nitrogens with zero attached hydrogens (tertiary/aromatic N) is 3. The van der Waals surface area contributed by atoms with Crippen LogP contribution in [0, 0.1) is 0 Å². The average Bonchev–Trinajstić information content (AvgIpc) is 3.21. The summed E-state index contributed by atoms with van der Waals surface area (Å²) in [7, 11) is 3.90. The van der Waals surface area contributed by atoms with Gasteiger partial charge in [0.15, 0.2) is 5.13 Å². The molecular formula is C22H32N4O2S. The number of carbonyl (C=O) groups is 2. The van der Waals surface area contributed by atoms with Gasteiger partial charge in [-0.05, 0) is 44.6 Å². The molecule has 0 saturated heterocycles. The van der Waals surface area contributed by atoms with Crippen LogP contribution in [-0.4, -0.2) is 60.3 Å². The number of thiazole rings is 1. The average molecular weight is 417 g/mol. The maximum absolute atomic E-state index is 13.0. The van der Waals surface area contributed by atoms with Crippen LogP contribution in [0.5, 0.6) is 0 Å². The third-order valence-electron chi connectivity index (χ3n) is 4.64. The summed E-state index contributed by atoms with van der Waals surface area (Å²) in [5, 5.41) is 5.09. The number of rotatable bonds is 12. The van der Waals surface area contributed by atoms with Crippen molar-refractivity contribution in [2.45, 2.75) is 39.0 Å². The molecule has 2 aromatic rings. The van der Waals surface area contributed by atoms with Crippen LogP contribution in [0.1, 0.15) is 48.5 Å². The summed E-state index contributed by atoms with van der Waals surface area (Å²) in [6, 6.07) is 7.80. The maximum atomic E-state index is 13.0. The molecule has 1 aromatic heterocycles. The van der Waals surface area contributed by atoms with Crippen LogP contribution >= 0.6 is 11.3 Å². The van der Waals surface area contributed by atoms with Gasteiger partial charge < -0.3 is 15.1 Å². The number of amides is 2. The molecule has 29 heavy (non-hydrogen) atoms. The van der Waals surface area contributed by atoms with Crippen molar-refractivity contribution in [2.75, 3.05) is 39.0 Å². The minimum absolute atomic E-state index is 0.00498. The predicted octanol–water partition coefficient (Wildman–Crippen LogP) is 3.91. The molecule has 2 rings (SSSR count).